The van der Waals surface area contributed by atoms with Crippen LogP contribution in [-0.2, 0) is 0 Å². The van der Waals surface area contributed by atoms with E-state index in [-0.39, 0.29) is 0 Å². The summed E-state index contributed by atoms with van der Waals surface area (Å²) in [6.45, 7) is 0. The van der Waals surface area contributed by atoms with Crippen molar-refractivity contribution >= 4 is 171 Å². The van der Waals surface area contributed by atoms with Gasteiger partial charge in [-0.25, -0.2) is 19.9 Å². The first-order chi connectivity index (χ1) is 64.3. The number of rotatable bonds is 11. The van der Waals surface area contributed by atoms with E-state index >= 15 is 0 Å². The zero-order valence-corrected chi connectivity index (χ0v) is 71.0. The van der Waals surface area contributed by atoms with Crippen molar-refractivity contribution < 1.29 is 9.68 Å². The fraction of sp³-hybridized carbons (Fsp3) is 0. The zero-order chi connectivity index (χ0) is 86.3. The Kier molecular flexibility index (Phi) is 19.2. The summed E-state index contributed by atoms with van der Waals surface area (Å²) in [5.41, 5.74) is 21.2. The van der Waals surface area contributed by atoms with Gasteiger partial charge in [0.15, 0.2) is 11.6 Å². The van der Waals surface area contributed by atoms with Crippen LogP contribution in [0.25, 0.3) is 242 Å². The standard InChI is InChI=1S/C60H37N3.C50H30ClN3.C10H8BO2/c1-2-13-38(14-3-1)45-29-30-54-52(34-45)59(48-28-26-40-16-5-7-18-42(40)32-48)62-60(61-54)49-33-46-21-10-11-22-50(46)56(37-49)63-55-24-12-23-51(47-27-25-39-15-4-6-17-41(39)31-47)58(55)53-35-43-19-8-9-20-44(43)36-57(53)63;51-43-19-10-20-45-48(43)42-28-34-15-6-7-16-35(34)29-47(42)54(45)46-30-39(26-37-17-8-9-18-40(37)46)50-52-44-24-23-36(31-11-2-1-3-12-31)27-41(44)49(53-50)38-22-21-32-13-4-5-14-33(32)25-38;12-11-13-10-6-5-8-3-1-2-4-9(8)7-10/h1-37H;1-30H;1-7,12H. The molecule has 0 bridgehead atoms. The van der Waals surface area contributed by atoms with Crippen LogP contribution < -0.4 is 4.65 Å². The molecule has 1 radical (unpaired) electrons. The Morgan fingerprint density at radius 1 is 0.223 bits per heavy atom. The van der Waals surface area contributed by atoms with Crippen LogP contribution in [0.4, 0.5) is 0 Å². The second-order valence-electron chi connectivity index (χ2n) is 33.3. The van der Waals surface area contributed by atoms with E-state index in [1.54, 1.807) is 0 Å². The van der Waals surface area contributed by atoms with Gasteiger partial charge in [0.1, 0.15) is 5.75 Å². The molecule has 0 amide bonds. The molecule has 10 heteroatoms. The van der Waals surface area contributed by atoms with Crippen molar-refractivity contribution in [1.29, 1.82) is 0 Å². The largest absolute Gasteiger partial charge is 0.569 e. The summed E-state index contributed by atoms with van der Waals surface area (Å²) in [5, 5.41) is 34.6. The van der Waals surface area contributed by atoms with Gasteiger partial charge >= 0.3 is 7.69 Å². The maximum atomic E-state index is 8.44. The fourth-order valence-electron chi connectivity index (χ4n) is 19.3. The van der Waals surface area contributed by atoms with Gasteiger partial charge < -0.3 is 18.8 Å². The summed E-state index contributed by atoms with van der Waals surface area (Å²) in [6, 6.07) is 159. The molecule has 26 rings (SSSR count). The second-order valence-corrected chi connectivity index (χ2v) is 33.7. The molecule has 0 spiro atoms. The van der Waals surface area contributed by atoms with Crippen molar-refractivity contribution in [2.45, 2.75) is 0 Å². The SMILES string of the molecule is Clc1cccc2c1c1cc3ccccc3cc1n2-c1cc(-c2nc(-c3ccc4ccccc4c3)c3cc(-c4ccccc4)ccc3n2)cc2ccccc12.O[B]Oc1ccc2ccccc2c1.c1ccc(-c2ccc3nc(-c4cc(-n5c6cc7ccccc7cc6c6c(-c7ccc8ccccc8c7)cccc65)c5ccccc5c4)nc(-c4ccc5ccccc5c4)c3c2)cc1. The molecule has 130 heavy (non-hydrogen) atoms. The highest BCUT2D eigenvalue weighted by atomic mass is 35.5. The maximum absolute atomic E-state index is 8.44. The fourth-order valence-corrected chi connectivity index (χ4v) is 19.6. The van der Waals surface area contributed by atoms with E-state index in [4.69, 9.17) is 41.2 Å². The van der Waals surface area contributed by atoms with Gasteiger partial charge in [0.25, 0.3) is 0 Å². The number of hydrogen-bond acceptors (Lipinski definition) is 6. The normalized spacial score (nSPS) is 11.6. The monoisotopic (exact) mass is 1680 g/mol. The average Bonchev–Trinajstić information content (AvgIpc) is 1.55. The number of fused-ring (bicyclic) bond motifs is 16. The van der Waals surface area contributed by atoms with Gasteiger partial charge in [0.05, 0.1) is 60.9 Å². The summed E-state index contributed by atoms with van der Waals surface area (Å²) >= 11 is 7.02. The molecule has 4 heterocycles. The van der Waals surface area contributed by atoms with Crippen LogP contribution in [0.2, 0.25) is 5.02 Å². The predicted octanol–water partition coefficient (Wildman–Crippen LogP) is 31.6. The number of nitrogens with zero attached hydrogens (tertiary/aromatic N) is 6. The van der Waals surface area contributed by atoms with Gasteiger partial charge in [0.2, 0.25) is 0 Å². The van der Waals surface area contributed by atoms with E-state index in [1.165, 1.54) is 75.8 Å². The molecule has 8 nitrogen and oxygen atoms in total. The third-order valence-corrected chi connectivity index (χ3v) is 25.9. The topological polar surface area (TPSA) is 90.9 Å². The minimum Gasteiger partial charge on any atom is -0.537 e. The van der Waals surface area contributed by atoms with Crippen LogP contribution in [0.15, 0.2) is 449 Å². The van der Waals surface area contributed by atoms with Crippen molar-refractivity contribution in [3.8, 4) is 95.8 Å². The van der Waals surface area contributed by atoms with Gasteiger partial charge in [-0.2, -0.15) is 0 Å². The average molecular weight is 1680 g/mol. The Labute approximate surface area is 754 Å². The lowest BCUT2D eigenvalue weighted by Crippen LogP contribution is -1.99. The Balaban J connectivity index is 0.000000127. The summed E-state index contributed by atoms with van der Waals surface area (Å²) in [6.07, 6.45) is 0. The molecule has 0 aliphatic heterocycles. The predicted molar refractivity (Wildman–Crippen MR) is 546 cm³/mol. The molecule has 0 fully saturated rings. The van der Waals surface area contributed by atoms with Crippen molar-refractivity contribution in [2.75, 3.05) is 0 Å². The zero-order valence-electron chi connectivity index (χ0n) is 70.2. The van der Waals surface area contributed by atoms with Gasteiger partial charge in [-0.3, -0.25) is 0 Å². The van der Waals surface area contributed by atoms with Crippen LogP contribution >= 0.6 is 11.6 Å². The number of hydrogen-bond donors (Lipinski definition) is 1. The summed E-state index contributed by atoms with van der Waals surface area (Å²) in [4.78, 5) is 21.7. The molecule has 607 valence electrons. The lowest BCUT2D eigenvalue weighted by atomic mass is 9.96. The van der Waals surface area contributed by atoms with E-state index < -0.39 is 0 Å². The minimum atomic E-state index is 0.640. The molecule has 0 saturated carbocycles. The van der Waals surface area contributed by atoms with E-state index in [1.807, 2.05) is 54.6 Å². The summed E-state index contributed by atoms with van der Waals surface area (Å²) < 4.78 is 9.69. The number of halogens is 1. The third kappa shape index (κ3) is 13.9. The van der Waals surface area contributed by atoms with Crippen molar-refractivity contribution in [1.82, 2.24) is 29.1 Å². The van der Waals surface area contributed by atoms with E-state index in [9.17, 15) is 0 Å². The Morgan fingerprint density at radius 3 is 1.04 bits per heavy atom. The molecular weight excluding hydrogens is 1600 g/mol. The van der Waals surface area contributed by atoms with Crippen LogP contribution in [0.1, 0.15) is 0 Å². The molecule has 22 aromatic carbocycles. The van der Waals surface area contributed by atoms with Crippen molar-refractivity contribution in [2.24, 2.45) is 0 Å². The van der Waals surface area contributed by atoms with Crippen LogP contribution in [0.3, 0.4) is 0 Å². The molecular formula is C120H75BClN6O2. The quantitative estimate of drug-likeness (QED) is 0.130. The molecule has 1 N–H and O–H groups in total. The molecule has 0 unspecified atom stereocenters. The first kappa shape index (κ1) is 76.9. The van der Waals surface area contributed by atoms with Gasteiger partial charge in [0, 0.05) is 65.3 Å². The summed E-state index contributed by atoms with van der Waals surface area (Å²) in [5.74, 6) is 2.00. The van der Waals surface area contributed by atoms with Crippen molar-refractivity contribution in [3.63, 3.8) is 0 Å². The highest BCUT2D eigenvalue weighted by Gasteiger charge is 2.25. The lowest BCUT2D eigenvalue weighted by Gasteiger charge is -2.16. The molecule has 0 aliphatic rings. The van der Waals surface area contributed by atoms with E-state index in [2.05, 4.69) is 403 Å². The first-order valence-electron chi connectivity index (χ1n) is 43.7. The third-order valence-electron chi connectivity index (χ3n) is 25.6. The smallest absolute Gasteiger partial charge is 0.537 e. The van der Waals surface area contributed by atoms with Crippen LogP contribution in [-0.4, -0.2) is 41.8 Å². The first-order valence-corrected chi connectivity index (χ1v) is 44.1. The van der Waals surface area contributed by atoms with E-state index in [0.717, 1.165) is 159 Å². The minimum absolute atomic E-state index is 0.640. The Hall–Kier alpha value is -16.7. The molecule has 0 saturated heterocycles. The van der Waals surface area contributed by atoms with Crippen LogP contribution in [0, 0.1) is 0 Å². The number of benzene rings is 22. The highest BCUT2D eigenvalue weighted by Crippen LogP contribution is 2.47. The second kappa shape index (κ2) is 32.4. The molecule has 4 aromatic heterocycles. The Morgan fingerprint density at radius 2 is 0.577 bits per heavy atom. The lowest BCUT2D eigenvalue weighted by molar-refractivity contribution is 0.454. The highest BCUT2D eigenvalue weighted by molar-refractivity contribution is 6.38. The number of aromatic nitrogens is 6. The van der Waals surface area contributed by atoms with Gasteiger partial charge in [-0.05, 0) is 230 Å². The van der Waals surface area contributed by atoms with E-state index in [0.29, 0.717) is 25.1 Å². The molecule has 0 aliphatic carbocycles. The summed E-state index contributed by atoms with van der Waals surface area (Å²) in [7, 11) is 0.685. The van der Waals surface area contributed by atoms with Crippen molar-refractivity contribution in [3.05, 3.63) is 454 Å². The Bertz CT molecular complexity index is 9070. The van der Waals surface area contributed by atoms with Gasteiger partial charge in [-0.15, -0.1) is 0 Å². The molecule has 0 atom stereocenters. The van der Waals surface area contributed by atoms with Crippen LogP contribution in [0.5, 0.6) is 5.75 Å². The van der Waals surface area contributed by atoms with Gasteiger partial charge in [-0.1, -0.05) is 339 Å². The molecule has 26 aromatic rings. The maximum Gasteiger partial charge on any atom is 0.569 e.